The lowest BCUT2D eigenvalue weighted by atomic mass is 10.1. The second kappa shape index (κ2) is 13.5. The van der Waals surface area contributed by atoms with Gasteiger partial charge in [0.25, 0.3) is 11.8 Å². The summed E-state index contributed by atoms with van der Waals surface area (Å²) >= 11 is 0. The Kier molecular flexibility index (Phi) is 9.35. The van der Waals surface area contributed by atoms with Crippen molar-refractivity contribution >= 4 is 35.8 Å². The molecule has 0 atom stereocenters. The van der Waals surface area contributed by atoms with Crippen LogP contribution in [0.5, 0.6) is 5.75 Å². The molecule has 0 saturated carbocycles. The van der Waals surface area contributed by atoms with Gasteiger partial charge < -0.3 is 15.0 Å². The van der Waals surface area contributed by atoms with Crippen molar-refractivity contribution in [1.82, 2.24) is 10.7 Å². The van der Waals surface area contributed by atoms with Gasteiger partial charge in [-0.2, -0.15) is 5.10 Å². The highest BCUT2D eigenvalue weighted by Crippen LogP contribution is 2.16. The fraction of sp³-hybridized carbons (Fsp3) is 0.0625. The van der Waals surface area contributed by atoms with Gasteiger partial charge in [-0.1, -0.05) is 48.5 Å². The van der Waals surface area contributed by atoms with Crippen molar-refractivity contribution in [3.8, 4) is 5.75 Å². The third-order valence-corrected chi connectivity index (χ3v) is 5.76. The Morgan fingerprint density at radius 2 is 1.51 bits per heavy atom. The molecular weight excluding hydrogens is 523 g/mol. The molecule has 8 nitrogen and oxygen atoms in total. The average Bonchev–Trinajstić information content (AvgIpc) is 2.97. The lowest BCUT2D eigenvalue weighted by Gasteiger charge is -2.12. The molecule has 4 rings (SSSR count). The van der Waals surface area contributed by atoms with E-state index in [0.717, 1.165) is 11.8 Å². The second-order valence-electron chi connectivity index (χ2n) is 9.04. The van der Waals surface area contributed by atoms with Gasteiger partial charge >= 0.3 is 5.97 Å². The zero-order chi connectivity index (χ0) is 29.2. The molecular formula is C32H27FN4O4. The Balaban J connectivity index is 1.48. The number of hydrogen-bond donors (Lipinski definition) is 2. The molecule has 0 radical (unpaired) electrons. The van der Waals surface area contributed by atoms with Gasteiger partial charge in [0, 0.05) is 25.3 Å². The first-order valence-corrected chi connectivity index (χ1v) is 12.6. The first kappa shape index (κ1) is 28.4. The number of nitrogens with zero attached hydrogens (tertiary/aromatic N) is 2. The van der Waals surface area contributed by atoms with Gasteiger partial charge in [0.1, 0.15) is 17.3 Å². The molecule has 0 aromatic heterocycles. The number of rotatable bonds is 9. The SMILES string of the molecule is CN(C)c1ccc(/C=C(/NC(=O)c2ccccc2)C(=O)N/N=C/c2cccc(OC(=O)c3cccc(F)c3)c2)cc1. The maximum Gasteiger partial charge on any atom is 0.343 e. The van der Waals surface area contributed by atoms with Crippen molar-refractivity contribution in [2.45, 2.75) is 0 Å². The van der Waals surface area contributed by atoms with Gasteiger partial charge in [-0.05, 0) is 71.8 Å². The third-order valence-electron chi connectivity index (χ3n) is 5.76. The summed E-state index contributed by atoms with van der Waals surface area (Å²) in [6.07, 6.45) is 2.91. The molecule has 0 aliphatic heterocycles. The Hall–Kier alpha value is -5.57. The van der Waals surface area contributed by atoms with Gasteiger partial charge in [0.05, 0.1) is 11.8 Å². The number of ether oxygens (including phenoxy) is 1. The lowest BCUT2D eigenvalue weighted by Crippen LogP contribution is -2.32. The minimum absolute atomic E-state index is 0.00798. The van der Waals surface area contributed by atoms with Crippen LogP contribution in [0.1, 0.15) is 31.8 Å². The summed E-state index contributed by atoms with van der Waals surface area (Å²) in [6.45, 7) is 0. The summed E-state index contributed by atoms with van der Waals surface area (Å²) in [5.74, 6) is -2.14. The Bertz CT molecular complexity index is 1600. The van der Waals surface area contributed by atoms with Crippen molar-refractivity contribution in [3.63, 3.8) is 0 Å². The summed E-state index contributed by atoms with van der Waals surface area (Å²) in [5.41, 5.74) is 5.08. The Morgan fingerprint density at radius 1 is 0.805 bits per heavy atom. The minimum Gasteiger partial charge on any atom is -0.423 e. The van der Waals surface area contributed by atoms with Crippen LogP contribution in [-0.4, -0.2) is 38.1 Å². The van der Waals surface area contributed by atoms with E-state index in [1.165, 1.54) is 30.5 Å². The molecule has 0 aliphatic rings. The maximum absolute atomic E-state index is 13.4. The number of amides is 2. The van der Waals surface area contributed by atoms with E-state index in [1.807, 2.05) is 43.3 Å². The third kappa shape index (κ3) is 8.21. The van der Waals surface area contributed by atoms with Gasteiger partial charge in [-0.3, -0.25) is 9.59 Å². The molecule has 4 aromatic carbocycles. The van der Waals surface area contributed by atoms with Crippen molar-refractivity contribution in [2.75, 3.05) is 19.0 Å². The van der Waals surface area contributed by atoms with Gasteiger partial charge in [-0.25, -0.2) is 14.6 Å². The Labute approximate surface area is 236 Å². The van der Waals surface area contributed by atoms with Crippen LogP contribution >= 0.6 is 0 Å². The molecule has 41 heavy (non-hydrogen) atoms. The predicted octanol–water partition coefficient (Wildman–Crippen LogP) is 5.03. The zero-order valence-corrected chi connectivity index (χ0v) is 22.4. The molecule has 2 amide bonds. The number of esters is 1. The maximum atomic E-state index is 13.4. The van der Waals surface area contributed by atoms with Crippen LogP contribution in [0.15, 0.2) is 114 Å². The molecule has 4 aromatic rings. The van der Waals surface area contributed by atoms with Crippen molar-refractivity contribution < 1.29 is 23.5 Å². The summed E-state index contributed by atoms with van der Waals surface area (Å²) in [5, 5.41) is 6.66. The predicted molar refractivity (Wildman–Crippen MR) is 156 cm³/mol. The quantitative estimate of drug-likeness (QED) is 0.100. The minimum atomic E-state index is -0.713. The van der Waals surface area contributed by atoms with E-state index in [2.05, 4.69) is 15.8 Å². The highest BCUT2D eigenvalue weighted by Gasteiger charge is 2.15. The smallest absolute Gasteiger partial charge is 0.343 e. The van der Waals surface area contributed by atoms with Crippen molar-refractivity contribution in [1.29, 1.82) is 0 Å². The number of carbonyl (C=O) groups excluding carboxylic acids is 3. The molecule has 0 bridgehead atoms. The molecule has 0 unspecified atom stereocenters. The first-order valence-electron chi connectivity index (χ1n) is 12.6. The molecule has 0 heterocycles. The van der Waals surface area contributed by atoms with E-state index in [9.17, 15) is 18.8 Å². The fourth-order valence-corrected chi connectivity index (χ4v) is 3.64. The van der Waals surface area contributed by atoms with Gasteiger partial charge in [0.15, 0.2) is 0 Å². The Morgan fingerprint density at radius 3 is 2.22 bits per heavy atom. The van der Waals surface area contributed by atoms with E-state index in [1.54, 1.807) is 54.6 Å². The molecule has 0 fully saturated rings. The van der Waals surface area contributed by atoms with E-state index in [0.29, 0.717) is 16.7 Å². The van der Waals surface area contributed by atoms with E-state index in [4.69, 9.17) is 4.74 Å². The van der Waals surface area contributed by atoms with Crippen LogP contribution in [0.2, 0.25) is 0 Å². The number of nitrogens with one attached hydrogen (secondary N) is 2. The largest absolute Gasteiger partial charge is 0.423 e. The van der Waals surface area contributed by atoms with E-state index in [-0.39, 0.29) is 17.0 Å². The number of halogens is 1. The number of hydrazone groups is 1. The highest BCUT2D eigenvalue weighted by molar-refractivity contribution is 6.05. The standard InChI is InChI=1S/C32H27FN4O4/c1-37(2)27-16-14-22(15-17-27)19-29(35-30(38)24-9-4-3-5-10-24)31(39)36-34-21-23-8-6-13-28(18-23)41-32(40)25-11-7-12-26(33)20-25/h3-21H,1-2H3,(H,35,38)(H,36,39)/b29-19+,34-21+. The molecule has 2 N–H and O–H groups in total. The molecule has 206 valence electrons. The van der Waals surface area contributed by atoms with Gasteiger partial charge in [0.2, 0.25) is 0 Å². The van der Waals surface area contributed by atoms with Crippen LogP contribution in [0.25, 0.3) is 6.08 Å². The molecule has 0 aliphatic carbocycles. The van der Waals surface area contributed by atoms with Crippen LogP contribution in [0.3, 0.4) is 0 Å². The molecule has 0 saturated heterocycles. The second-order valence-corrected chi connectivity index (χ2v) is 9.04. The molecule has 9 heteroatoms. The summed E-state index contributed by atoms with van der Waals surface area (Å²) in [4.78, 5) is 40.1. The normalized spacial score (nSPS) is 11.1. The summed E-state index contributed by atoms with van der Waals surface area (Å²) in [7, 11) is 3.85. The molecule has 0 spiro atoms. The van der Waals surface area contributed by atoms with Crippen LogP contribution in [0.4, 0.5) is 10.1 Å². The van der Waals surface area contributed by atoms with Crippen LogP contribution in [-0.2, 0) is 4.79 Å². The van der Waals surface area contributed by atoms with Crippen LogP contribution in [0, 0.1) is 5.82 Å². The average molecular weight is 551 g/mol. The zero-order valence-electron chi connectivity index (χ0n) is 22.4. The number of carbonyl (C=O) groups is 3. The lowest BCUT2D eigenvalue weighted by molar-refractivity contribution is -0.117. The van der Waals surface area contributed by atoms with E-state index >= 15 is 0 Å². The van der Waals surface area contributed by atoms with Crippen molar-refractivity contribution in [2.24, 2.45) is 5.10 Å². The van der Waals surface area contributed by atoms with Crippen molar-refractivity contribution in [3.05, 3.63) is 137 Å². The number of benzene rings is 4. The summed E-state index contributed by atoms with van der Waals surface area (Å²) in [6, 6.07) is 27.6. The number of anilines is 1. The highest BCUT2D eigenvalue weighted by atomic mass is 19.1. The summed E-state index contributed by atoms with van der Waals surface area (Å²) < 4.78 is 18.7. The number of hydrogen-bond acceptors (Lipinski definition) is 6. The van der Waals surface area contributed by atoms with Gasteiger partial charge in [-0.15, -0.1) is 0 Å². The monoisotopic (exact) mass is 550 g/mol. The first-order chi connectivity index (χ1) is 19.8. The fourth-order valence-electron chi connectivity index (χ4n) is 3.64. The van der Waals surface area contributed by atoms with Crippen LogP contribution < -0.4 is 20.4 Å². The van der Waals surface area contributed by atoms with E-state index < -0.39 is 23.6 Å². The topological polar surface area (TPSA) is 100 Å².